The Balaban J connectivity index is 2.19. The lowest BCUT2D eigenvalue weighted by atomic mass is 9.91. The number of para-hydroxylation sites is 1. The second-order valence-corrected chi connectivity index (χ2v) is 5.87. The third-order valence-corrected chi connectivity index (χ3v) is 4.58. The summed E-state index contributed by atoms with van der Waals surface area (Å²) in [5.74, 6) is -1.32. The normalized spacial score (nSPS) is 28.3. The summed E-state index contributed by atoms with van der Waals surface area (Å²) in [5.41, 5.74) is -0.396. The molecule has 1 saturated heterocycles. The average molecular weight is 318 g/mol. The summed E-state index contributed by atoms with van der Waals surface area (Å²) in [6, 6.07) is 6.01. The zero-order valence-electron chi connectivity index (χ0n) is 13.1. The predicted octanol–water partition coefficient (Wildman–Crippen LogP) is 0.361. The van der Waals surface area contributed by atoms with Gasteiger partial charge < -0.3 is 14.7 Å². The van der Waals surface area contributed by atoms with Crippen molar-refractivity contribution in [3.8, 4) is 0 Å². The summed E-state index contributed by atoms with van der Waals surface area (Å²) < 4.78 is 4.76. The summed E-state index contributed by atoms with van der Waals surface area (Å²) in [6.07, 6.45) is -0.955. The van der Waals surface area contributed by atoms with E-state index in [1.54, 1.807) is 24.3 Å². The van der Waals surface area contributed by atoms with E-state index in [1.165, 1.54) is 30.8 Å². The number of methoxy groups -OCH3 is 1. The third kappa shape index (κ3) is 1.96. The van der Waals surface area contributed by atoms with Crippen LogP contribution < -0.4 is 4.90 Å². The van der Waals surface area contributed by atoms with Crippen molar-refractivity contribution in [2.45, 2.75) is 38.1 Å². The molecule has 0 radical (unpaired) electrons. The molecule has 2 aliphatic rings. The van der Waals surface area contributed by atoms with E-state index in [0.29, 0.717) is 11.3 Å². The van der Waals surface area contributed by atoms with Crippen molar-refractivity contribution in [1.29, 1.82) is 0 Å². The lowest BCUT2D eigenvalue weighted by Gasteiger charge is -2.34. The van der Waals surface area contributed by atoms with Crippen molar-refractivity contribution in [2.24, 2.45) is 0 Å². The van der Waals surface area contributed by atoms with Crippen LogP contribution in [-0.4, -0.2) is 47.1 Å². The fourth-order valence-corrected chi connectivity index (χ4v) is 3.73. The van der Waals surface area contributed by atoms with Crippen LogP contribution in [0.25, 0.3) is 0 Å². The Morgan fingerprint density at radius 3 is 2.43 bits per heavy atom. The van der Waals surface area contributed by atoms with Gasteiger partial charge in [-0.2, -0.15) is 0 Å². The van der Waals surface area contributed by atoms with Crippen LogP contribution in [0.3, 0.4) is 0 Å². The summed E-state index contributed by atoms with van der Waals surface area (Å²) in [7, 11) is 1.23. The van der Waals surface area contributed by atoms with Crippen molar-refractivity contribution in [3.05, 3.63) is 29.8 Å². The Morgan fingerprint density at radius 2 is 1.87 bits per heavy atom. The molecule has 23 heavy (non-hydrogen) atoms. The molecule has 3 atom stereocenters. The maximum absolute atomic E-state index is 12.2. The van der Waals surface area contributed by atoms with Crippen LogP contribution in [0.2, 0.25) is 0 Å². The number of amides is 2. The topological polar surface area (TPSA) is 87.2 Å². The van der Waals surface area contributed by atoms with E-state index in [4.69, 9.17) is 4.74 Å². The summed E-state index contributed by atoms with van der Waals surface area (Å²) in [5, 5.41) is 11.2. The Hall–Kier alpha value is -2.41. The molecule has 1 aromatic rings. The molecule has 7 heteroatoms. The number of benzene rings is 1. The largest absolute Gasteiger partial charge is 0.467 e. The highest BCUT2D eigenvalue weighted by Gasteiger charge is 2.63. The number of likely N-dealkylation sites (tertiary alicyclic amines) is 1. The molecule has 1 N–H and O–H groups in total. The minimum atomic E-state index is -1.49. The van der Waals surface area contributed by atoms with Gasteiger partial charge in [0.2, 0.25) is 11.8 Å². The number of anilines is 1. The summed E-state index contributed by atoms with van der Waals surface area (Å²) in [4.78, 5) is 39.0. The summed E-state index contributed by atoms with van der Waals surface area (Å²) in [6.45, 7) is 2.68. The highest BCUT2D eigenvalue weighted by atomic mass is 16.5. The number of aliphatic hydroxyl groups is 1. The van der Waals surface area contributed by atoms with Crippen LogP contribution in [0.15, 0.2) is 24.3 Å². The second kappa shape index (κ2) is 5.06. The van der Waals surface area contributed by atoms with Crippen molar-refractivity contribution in [3.63, 3.8) is 0 Å². The Bertz CT molecular complexity index is 703. The van der Waals surface area contributed by atoms with E-state index in [-0.39, 0.29) is 12.3 Å². The van der Waals surface area contributed by atoms with Crippen LogP contribution in [0, 0.1) is 0 Å². The minimum Gasteiger partial charge on any atom is -0.467 e. The van der Waals surface area contributed by atoms with Gasteiger partial charge in [-0.1, -0.05) is 18.2 Å². The predicted molar refractivity (Wildman–Crippen MR) is 80.2 cm³/mol. The van der Waals surface area contributed by atoms with Gasteiger partial charge in [0.1, 0.15) is 17.8 Å². The molecule has 2 aliphatic heterocycles. The fraction of sp³-hybridized carbons (Fsp3) is 0.438. The number of rotatable bonds is 1. The first kappa shape index (κ1) is 15.5. The molecule has 122 valence electrons. The highest BCUT2D eigenvalue weighted by molar-refractivity contribution is 5.97. The first-order valence-electron chi connectivity index (χ1n) is 7.31. The monoisotopic (exact) mass is 318 g/mol. The molecular formula is C16H18N2O5. The van der Waals surface area contributed by atoms with E-state index in [0.717, 1.165) is 0 Å². The summed E-state index contributed by atoms with van der Waals surface area (Å²) >= 11 is 0. The van der Waals surface area contributed by atoms with Gasteiger partial charge in [0.15, 0.2) is 0 Å². The van der Waals surface area contributed by atoms with Gasteiger partial charge in [0, 0.05) is 25.8 Å². The first-order chi connectivity index (χ1) is 10.8. The number of fused-ring (bicyclic) bond motifs is 3. The third-order valence-electron chi connectivity index (χ3n) is 4.58. The molecule has 0 saturated carbocycles. The molecule has 1 fully saturated rings. The number of ether oxygens (including phenoxy) is 1. The lowest BCUT2D eigenvalue weighted by Crippen LogP contribution is -2.55. The zero-order chi connectivity index (χ0) is 16.9. The molecule has 0 aliphatic carbocycles. The second-order valence-electron chi connectivity index (χ2n) is 5.87. The Morgan fingerprint density at radius 1 is 1.22 bits per heavy atom. The quantitative estimate of drug-likeness (QED) is 0.756. The molecule has 7 nitrogen and oxygen atoms in total. The molecule has 2 heterocycles. The zero-order valence-corrected chi connectivity index (χ0v) is 13.1. The number of carbonyl (C=O) groups excluding carboxylic acids is 3. The minimum absolute atomic E-state index is 0.00921. The van der Waals surface area contributed by atoms with Gasteiger partial charge in [-0.25, -0.2) is 4.79 Å². The SMILES string of the molecule is COC(=O)[C@@H]1C[C@]2(O)c3ccccc3N(C(C)=O)[C@@H]2N1C(C)=O. The molecule has 0 spiro atoms. The smallest absolute Gasteiger partial charge is 0.328 e. The Labute approximate surface area is 133 Å². The van der Waals surface area contributed by atoms with Crippen LogP contribution in [0.5, 0.6) is 0 Å². The van der Waals surface area contributed by atoms with E-state index in [9.17, 15) is 19.5 Å². The molecule has 3 rings (SSSR count). The van der Waals surface area contributed by atoms with Crippen molar-refractivity contribution in [2.75, 3.05) is 12.0 Å². The number of hydrogen-bond acceptors (Lipinski definition) is 5. The molecule has 1 aromatic carbocycles. The molecule has 2 amide bonds. The van der Waals surface area contributed by atoms with Crippen LogP contribution in [-0.2, 0) is 24.7 Å². The number of carbonyl (C=O) groups is 3. The van der Waals surface area contributed by atoms with Gasteiger partial charge in [-0.15, -0.1) is 0 Å². The molecule has 0 bridgehead atoms. The van der Waals surface area contributed by atoms with Crippen LogP contribution >= 0.6 is 0 Å². The van der Waals surface area contributed by atoms with Gasteiger partial charge in [0.25, 0.3) is 0 Å². The number of esters is 1. The maximum Gasteiger partial charge on any atom is 0.328 e. The Kier molecular flexibility index (Phi) is 3.40. The van der Waals surface area contributed by atoms with Gasteiger partial charge in [-0.3, -0.25) is 14.5 Å². The van der Waals surface area contributed by atoms with Crippen LogP contribution in [0.1, 0.15) is 25.8 Å². The average Bonchev–Trinajstić information content (AvgIpc) is 2.94. The van der Waals surface area contributed by atoms with E-state index in [2.05, 4.69) is 0 Å². The van der Waals surface area contributed by atoms with Gasteiger partial charge in [-0.05, 0) is 6.07 Å². The van der Waals surface area contributed by atoms with Gasteiger partial charge >= 0.3 is 5.97 Å². The lowest BCUT2D eigenvalue weighted by molar-refractivity contribution is -0.151. The molecular weight excluding hydrogens is 300 g/mol. The highest BCUT2D eigenvalue weighted by Crippen LogP contribution is 2.52. The molecule has 0 unspecified atom stereocenters. The van der Waals surface area contributed by atoms with Crippen molar-refractivity contribution in [1.82, 2.24) is 4.90 Å². The first-order valence-corrected chi connectivity index (χ1v) is 7.31. The number of hydrogen-bond donors (Lipinski definition) is 1. The standard InChI is InChI=1S/C16H18N2O5/c1-9(19)17-12-7-5-4-6-11(12)16(22)8-13(14(21)23-3)18(10(2)20)15(16)17/h4-7,13,15,22H,8H2,1-3H3/t13-,15+,16-/m0/s1. The molecule has 0 aromatic heterocycles. The van der Waals surface area contributed by atoms with E-state index < -0.39 is 29.7 Å². The van der Waals surface area contributed by atoms with Crippen molar-refractivity contribution < 1.29 is 24.2 Å². The van der Waals surface area contributed by atoms with E-state index >= 15 is 0 Å². The van der Waals surface area contributed by atoms with Gasteiger partial charge in [0.05, 0.1) is 12.8 Å². The van der Waals surface area contributed by atoms with Crippen LogP contribution in [0.4, 0.5) is 5.69 Å². The maximum atomic E-state index is 12.2. The van der Waals surface area contributed by atoms with E-state index in [1.807, 2.05) is 0 Å². The fourth-order valence-electron chi connectivity index (χ4n) is 3.73. The number of nitrogens with zero attached hydrogens (tertiary/aromatic N) is 2. The van der Waals surface area contributed by atoms with Crippen molar-refractivity contribution >= 4 is 23.5 Å².